The number of Topliss-reactive ketones (excluding diaryl/α,β-unsaturated/α-hetero) is 1. The Bertz CT molecular complexity index is 338. The topological polar surface area (TPSA) is 17.1 Å². The van der Waals surface area contributed by atoms with Gasteiger partial charge in [0, 0.05) is 17.9 Å². The molecular formula is C12H13ClO. The Kier molecular flexibility index (Phi) is 3.90. The van der Waals surface area contributed by atoms with Gasteiger partial charge in [-0.2, -0.15) is 0 Å². The Morgan fingerprint density at radius 1 is 1.29 bits per heavy atom. The van der Waals surface area contributed by atoms with Crippen LogP contribution in [0.4, 0.5) is 0 Å². The monoisotopic (exact) mass is 208 g/mol. The molecule has 0 aromatic heterocycles. The Morgan fingerprint density at radius 3 is 2.21 bits per heavy atom. The second kappa shape index (κ2) is 4.97. The van der Waals surface area contributed by atoms with Crippen LogP contribution < -0.4 is 0 Å². The Morgan fingerprint density at radius 2 is 1.79 bits per heavy atom. The highest BCUT2D eigenvalue weighted by molar-refractivity contribution is 6.19. The van der Waals surface area contributed by atoms with Crippen molar-refractivity contribution in [3.63, 3.8) is 0 Å². The lowest BCUT2D eigenvalue weighted by molar-refractivity contribution is 0.0989. The molecule has 0 heterocycles. The lowest BCUT2D eigenvalue weighted by atomic mass is 10.0. The van der Waals surface area contributed by atoms with E-state index in [2.05, 4.69) is 6.58 Å². The number of alkyl halides is 1. The fourth-order valence-electron chi connectivity index (χ4n) is 1.17. The number of allylic oxidation sites excluding steroid dienone is 1. The van der Waals surface area contributed by atoms with Crippen molar-refractivity contribution in [2.45, 2.75) is 13.3 Å². The largest absolute Gasteiger partial charge is 0.294 e. The minimum atomic E-state index is 0.0910. The molecule has 0 saturated heterocycles. The maximum absolute atomic E-state index is 11.4. The Balaban J connectivity index is 2.83. The lowest BCUT2D eigenvalue weighted by Gasteiger charge is -2.01. The van der Waals surface area contributed by atoms with E-state index in [4.69, 9.17) is 11.6 Å². The van der Waals surface area contributed by atoms with E-state index in [0.29, 0.717) is 12.3 Å². The van der Waals surface area contributed by atoms with E-state index in [1.165, 1.54) is 0 Å². The summed E-state index contributed by atoms with van der Waals surface area (Å²) < 4.78 is 0. The minimum Gasteiger partial charge on any atom is -0.294 e. The van der Waals surface area contributed by atoms with E-state index in [1.54, 1.807) is 0 Å². The van der Waals surface area contributed by atoms with Gasteiger partial charge in [0.15, 0.2) is 5.78 Å². The summed E-state index contributed by atoms with van der Waals surface area (Å²) in [6.07, 6.45) is 0.397. The van der Waals surface area contributed by atoms with Gasteiger partial charge in [0.05, 0.1) is 0 Å². The smallest absolute Gasteiger partial charge is 0.164 e. The zero-order chi connectivity index (χ0) is 10.6. The van der Waals surface area contributed by atoms with Crippen LogP contribution in [0.15, 0.2) is 30.8 Å². The summed E-state index contributed by atoms with van der Waals surface area (Å²) in [6, 6.07) is 7.45. The average molecular weight is 209 g/mol. The predicted octanol–water partition coefficient (Wildman–Crippen LogP) is 3.53. The zero-order valence-corrected chi connectivity index (χ0v) is 8.97. The van der Waals surface area contributed by atoms with Crippen LogP contribution in [0.25, 0.3) is 5.57 Å². The summed E-state index contributed by atoms with van der Waals surface area (Å²) >= 11 is 5.49. The molecule has 0 fully saturated rings. The van der Waals surface area contributed by atoms with Gasteiger partial charge in [-0.1, -0.05) is 36.4 Å². The van der Waals surface area contributed by atoms with Gasteiger partial charge >= 0.3 is 0 Å². The number of hydrogen-bond donors (Lipinski definition) is 0. The third-order valence-corrected chi connectivity index (χ3v) is 2.21. The summed E-state index contributed by atoms with van der Waals surface area (Å²) in [5.41, 5.74) is 2.78. The fraction of sp³-hybridized carbons (Fsp3) is 0.250. The van der Waals surface area contributed by atoms with E-state index >= 15 is 0 Å². The lowest BCUT2D eigenvalue weighted by Crippen LogP contribution is -1.99. The first kappa shape index (κ1) is 11.0. The van der Waals surface area contributed by atoms with Crippen molar-refractivity contribution < 1.29 is 4.79 Å². The highest BCUT2D eigenvalue weighted by Gasteiger charge is 2.04. The van der Waals surface area contributed by atoms with Crippen molar-refractivity contribution in [3.8, 4) is 0 Å². The number of carbonyl (C=O) groups excluding carboxylic acids is 1. The molecule has 1 nitrogen and oxygen atoms in total. The van der Waals surface area contributed by atoms with Crippen molar-refractivity contribution >= 4 is 23.0 Å². The molecule has 2 heteroatoms. The molecule has 0 N–H and O–H groups in total. The third kappa shape index (κ3) is 2.71. The van der Waals surface area contributed by atoms with Gasteiger partial charge in [-0.15, -0.1) is 11.6 Å². The number of benzene rings is 1. The van der Waals surface area contributed by atoms with E-state index in [0.717, 1.165) is 16.7 Å². The second-order valence-electron chi connectivity index (χ2n) is 3.22. The molecule has 0 aliphatic heterocycles. The normalized spacial score (nSPS) is 9.86. The number of hydrogen-bond acceptors (Lipinski definition) is 1. The van der Waals surface area contributed by atoms with Crippen LogP contribution in [-0.2, 0) is 0 Å². The van der Waals surface area contributed by atoms with Crippen molar-refractivity contribution in [3.05, 3.63) is 42.0 Å². The Hall–Kier alpha value is -1.08. The molecule has 0 amide bonds. The average Bonchev–Trinajstić information content (AvgIpc) is 2.18. The van der Waals surface area contributed by atoms with Crippen LogP contribution in [0.1, 0.15) is 29.3 Å². The fourth-order valence-corrected chi connectivity index (χ4v) is 1.34. The van der Waals surface area contributed by atoms with Gasteiger partial charge < -0.3 is 0 Å². The first-order valence-corrected chi connectivity index (χ1v) is 5.03. The molecule has 0 atom stereocenters. The number of rotatable bonds is 4. The molecule has 1 rings (SSSR count). The molecule has 1 aromatic rings. The van der Waals surface area contributed by atoms with Gasteiger partial charge in [0.25, 0.3) is 0 Å². The molecule has 0 radical (unpaired) electrons. The summed E-state index contributed by atoms with van der Waals surface area (Å²) in [7, 11) is 0. The SMILES string of the molecule is C=C(C)c1ccc(C(=O)CCCl)cc1. The van der Waals surface area contributed by atoms with E-state index in [-0.39, 0.29) is 5.78 Å². The number of halogens is 1. The number of ketones is 1. The molecule has 0 aliphatic rings. The van der Waals surface area contributed by atoms with Crippen LogP contribution in [0, 0.1) is 0 Å². The predicted molar refractivity (Wildman–Crippen MR) is 60.8 cm³/mol. The molecule has 0 unspecified atom stereocenters. The van der Waals surface area contributed by atoms with Gasteiger partial charge in [-0.05, 0) is 12.5 Å². The second-order valence-corrected chi connectivity index (χ2v) is 3.60. The van der Waals surface area contributed by atoms with E-state index in [1.807, 2.05) is 31.2 Å². The van der Waals surface area contributed by atoms with Crippen LogP contribution in [-0.4, -0.2) is 11.7 Å². The van der Waals surface area contributed by atoms with Gasteiger partial charge in [0.2, 0.25) is 0 Å². The Labute approximate surface area is 89.4 Å². The van der Waals surface area contributed by atoms with Gasteiger partial charge in [-0.25, -0.2) is 0 Å². The standard InChI is InChI=1S/C12H13ClO/c1-9(2)10-3-5-11(6-4-10)12(14)7-8-13/h3-6H,1,7-8H2,2H3. The first-order valence-electron chi connectivity index (χ1n) is 4.50. The van der Waals surface area contributed by atoms with Gasteiger partial charge in [-0.3, -0.25) is 4.79 Å². The summed E-state index contributed by atoms with van der Waals surface area (Å²) in [5.74, 6) is 0.467. The first-order chi connectivity index (χ1) is 6.65. The summed E-state index contributed by atoms with van der Waals surface area (Å²) in [4.78, 5) is 11.4. The molecule has 0 aliphatic carbocycles. The van der Waals surface area contributed by atoms with E-state index < -0.39 is 0 Å². The van der Waals surface area contributed by atoms with Crippen LogP contribution >= 0.6 is 11.6 Å². The molecule has 1 aromatic carbocycles. The maximum Gasteiger partial charge on any atom is 0.164 e. The van der Waals surface area contributed by atoms with Gasteiger partial charge in [0.1, 0.15) is 0 Å². The third-order valence-electron chi connectivity index (χ3n) is 2.02. The molecule has 0 saturated carbocycles. The molecule has 74 valence electrons. The highest BCUT2D eigenvalue weighted by Crippen LogP contribution is 2.13. The van der Waals surface area contributed by atoms with Crippen molar-refractivity contribution in [2.75, 3.05) is 5.88 Å². The molecule has 0 spiro atoms. The van der Waals surface area contributed by atoms with E-state index in [9.17, 15) is 4.79 Å². The van der Waals surface area contributed by atoms with Crippen LogP contribution in [0.2, 0.25) is 0 Å². The minimum absolute atomic E-state index is 0.0910. The van der Waals surface area contributed by atoms with Crippen molar-refractivity contribution in [1.82, 2.24) is 0 Å². The molecule has 14 heavy (non-hydrogen) atoms. The zero-order valence-electron chi connectivity index (χ0n) is 8.22. The summed E-state index contributed by atoms with van der Waals surface area (Å²) in [6.45, 7) is 5.77. The van der Waals surface area contributed by atoms with Crippen LogP contribution in [0.3, 0.4) is 0 Å². The summed E-state index contributed by atoms with van der Waals surface area (Å²) in [5, 5.41) is 0. The van der Waals surface area contributed by atoms with Crippen LogP contribution in [0.5, 0.6) is 0 Å². The van der Waals surface area contributed by atoms with Crippen molar-refractivity contribution in [2.24, 2.45) is 0 Å². The highest BCUT2D eigenvalue weighted by atomic mass is 35.5. The molecule has 0 bridgehead atoms. The quantitative estimate of drug-likeness (QED) is 0.547. The maximum atomic E-state index is 11.4. The molecular weight excluding hydrogens is 196 g/mol. The number of carbonyl (C=O) groups is 1. The van der Waals surface area contributed by atoms with Crippen molar-refractivity contribution in [1.29, 1.82) is 0 Å².